The van der Waals surface area contributed by atoms with Crippen LogP contribution in [0.25, 0.3) is 0 Å². The number of aromatic amines is 1. The van der Waals surface area contributed by atoms with E-state index >= 15 is 0 Å². The average Bonchev–Trinajstić information content (AvgIpc) is 2.63. The van der Waals surface area contributed by atoms with Gasteiger partial charge in [-0.2, -0.15) is 0 Å². The Morgan fingerprint density at radius 3 is 2.93 bits per heavy atom. The molecule has 1 aliphatic rings. The predicted molar refractivity (Wildman–Crippen MR) is 54.0 cm³/mol. The number of nitrogen functional groups attached to an aromatic ring is 1. The van der Waals surface area contributed by atoms with E-state index in [1.807, 2.05) is 0 Å². The van der Waals surface area contributed by atoms with Gasteiger partial charge in [0.05, 0.1) is 13.2 Å². The molecule has 0 atom stereocenters. The highest BCUT2D eigenvalue weighted by Gasteiger charge is 2.10. The third-order valence-electron chi connectivity index (χ3n) is 2.42. The number of morpholine rings is 1. The van der Waals surface area contributed by atoms with Gasteiger partial charge in [-0.1, -0.05) is 0 Å². The lowest BCUT2D eigenvalue weighted by Crippen LogP contribution is -2.37. The van der Waals surface area contributed by atoms with Gasteiger partial charge in [0.1, 0.15) is 11.6 Å². The number of hydrogen-bond acceptors (Lipinski definition) is 4. The van der Waals surface area contributed by atoms with Gasteiger partial charge in [-0.3, -0.25) is 4.90 Å². The van der Waals surface area contributed by atoms with E-state index in [1.54, 1.807) is 6.20 Å². The molecular formula is C9H16N4O. The summed E-state index contributed by atoms with van der Waals surface area (Å²) in [4.78, 5) is 9.59. The zero-order chi connectivity index (χ0) is 9.80. The Kier molecular flexibility index (Phi) is 3.00. The van der Waals surface area contributed by atoms with Crippen LogP contribution in [0.15, 0.2) is 6.20 Å². The number of H-pyrrole nitrogens is 1. The highest BCUT2D eigenvalue weighted by molar-refractivity contribution is 5.24. The van der Waals surface area contributed by atoms with Gasteiger partial charge >= 0.3 is 0 Å². The summed E-state index contributed by atoms with van der Waals surface area (Å²) in [5.41, 5.74) is 5.51. The summed E-state index contributed by atoms with van der Waals surface area (Å²) >= 11 is 0. The molecule has 5 heteroatoms. The number of hydrogen-bond donors (Lipinski definition) is 2. The number of nitrogens with zero attached hydrogens (tertiary/aromatic N) is 2. The molecule has 0 aromatic carbocycles. The van der Waals surface area contributed by atoms with Gasteiger partial charge in [0.25, 0.3) is 0 Å². The monoisotopic (exact) mass is 196 g/mol. The topological polar surface area (TPSA) is 67.2 Å². The third kappa shape index (κ3) is 2.46. The van der Waals surface area contributed by atoms with Crippen LogP contribution in [0.3, 0.4) is 0 Å². The highest BCUT2D eigenvalue weighted by atomic mass is 16.5. The Balaban J connectivity index is 1.76. The summed E-state index contributed by atoms with van der Waals surface area (Å²) in [7, 11) is 0. The predicted octanol–water partition coefficient (Wildman–Crippen LogP) is -0.133. The molecule has 0 spiro atoms. The first-order valence-corrected chi connectivity index (χ1v) is 4.94. The fourth-order valence-electron chi connectivity index (χ4n) is 1.59. The smallest absolute Gasteiger partial charge is 0.141 e. The minimum absolute atomic E-state index is 0.571. The molecule has 1 fully saturated rings. The lowest BCUT2D eigenvalue weighted by molar-refractivity contribution is 0.0382. The maximum Gasteiger partial charge on any atom is 0.141 e. The van der Waals surface area contributed by atoms with Crippen LogP contribution in [0, 0.1) is 0 Å². The van der Waals surface area contributed by atoms with Crippen molar-refractivity contribution < 1.29 is 4.74 Å². The summed E-state index contributed by atoms with van der Waals surface area (Å²) in [6, 6.07) is 0. The molecule has 0 aliphatic carbocycles. The van der Waals surface area contributed by atoms with Crippen molar-refractivity contribution in [1.29, 1.82) is 0 Å². The van der Waals surface area contributed by atoms with E-state index in [0.717, 1.165) is 45.1 Å². The molecule has 3 N–H and O–H groups in total. The second-order valence-electron chi connectivity index (χ2n) is 3.48. The Labute approximate surface area is 83.3 Å². The van der Waals surface area contributed by atoms with Crippen LogP contribution >= 0.6 is 0 Å². The van der Waals surface area contributed by atoms with Crippen molar-refractivity contribution in [3.05, 3.63) is 12.0 Å². The van der Waals surface area contributed by atoms with Crippen LogP contribution < -0.4 is 5.73 Å². The van der Waals surface area contributed by atoms with E-state index in [-0.39, 0.29) is 0 Å². The first-order chi connectivity index (χ1) is 6.84. The van der Waals surface area contributed by atoms with Crippen LogP contribution in [0.1, 0.15) is 5.82 Å². The quantitative estimate of drug-likeness (QED) is 0.706. The zero-order valence-electron chi connectivity index (χ0n) is 8.20. The first kappa shape index (κ1) is 9.48. The van der Waals surface area contributed by atoms with Crippen molar-refractivity contribution in [2.75, 3.05) is 38.6 Å². The molecule has 0 unspecified atom stereocenters. The van der Waals surface area contributed by atoms with Crippen molar-refractivity contribution in [3.63, 3.8) is 0 Å². The van der Waals surface area contributed by atoms with Gasteiger partial charge < -0.3 is 15.5 Å². The molecule has 0 amide bonds. The minimum atomic E-state index is 0.571. The van der Waals surface area contributed by atoms with Crippen molar-refractivity contribution >= 4 is 5.82 Å². The van der Waals surface area contributed by atoms with Gasteiger partial charge in [-0.05, 0) is 0 Å². The molecule has 0 bridgehead atoms. The lowest BCUT2D eigenvalue weighted by atomic mass is 10.3. The van der Waals surface area contributed by atoms with E-state index in [0.29, 0.717) is 5.82 Å². The Morgan fingerprint density at radius 2 is 2.29 bits per heavy atom. The SMILES string of the molecule is Nc1c[nH]c(CCN2CCOCC2)n1. The molecule has 2 rings (SSSR count). The lowest BCUT2D eigenvalue weighted by Gasteiger charge is -2.25. The van der Waals surface area contributed by atoms with Crippen LogP contribution in [0.5, 0.6) is 0 Å². The van der Waals surface area contributed by atoms with Crippen LogP contribution in [-0.2, 0) is 11.2 Å². The van der Waals surface area contributed by atoms with Crippen molar-refractivity contribution in [3.8, 4) is 0 Å². The molecule has 2 heterocycles. The molecule has 14 heavy (non-hydrogen) atoms. The van der Waals surface area contributed by atoms with Crippen LogP contribution in [-0.4, -0.2) is 47.7 Å². The van der Waals surface area contributed by atoms with Crippen LogP contribution in [0.2, 0.25) is 0 Å². The standard InChI is InChI=1S/C9H16N4O/c10-8-7-11-9(12-8)1-2-13-3-5-14-6-4-13/h7H,1-6,10H2,(H,11,12). The second-order valence-corrected chi connectivity index (χ2v) is 3.48. The van der Waals surface area contributed by atoms with Gasteiger partial charge in [-0.15, -0.1) is 0 Å². The van der Waals surface area contributed by atoms with Crippen LogP contribution in [0.4, 0.5) is 5.82 Å². The van der Waals surface area contributed by atoms with Gasteiger partial charge in [0.15, 0.2) is 0 Å². The van der Waals surface area contributed by atoms with Crippen molar-refractivity contribution in [2.45, 2.75) is 6.42 Å². The maximum absolute atomic E-state index is 5.51. The average molecular weight is 196 g/mol. The molecule has 78 valence electrons. The molecule has 0 saturated carbocycles. The van der Waals surface area contributed by atoms with Gasteiger partial charge in [0.2, 0.25) is 0 Å². The molecule has 1 aliphatic heterocycles. The number of nitrogens with two attached hydrogens (primary N) is 1. The summed E-state index contributed by atoms with van der Waals surface area (Å²) < 4.78 is 5.27. The number of nitrogens with one attached hydrogen (secondary N) is 1. The molecule has 1 aromatic rings. The first-order valence-electron chi connectivity index (χ1n) is 4.94. The molecule has 1 saturated heterocycles. The Bertz CT molecular complexity index is 280. The summed E-state index contributed by atoms with van der Waals surface area (Å²) in [6.07, 6.45) is 2.66. The fourth-order valence-corrected chi connectivity index (χ4v) is 1.59. The number of ether oxygens (including phenoxy) is 1. The van der Waals surface area contributed by atoms with Gasteiger partial charge in [-0.25, -0.2) is 4.98 Å². The summed E-state index contributed by atoms with van der Waals surface area (Å²) in [5, 5.41) is 0. The number of aromatic nitrogens is 2. The maximum atomic E-state index is 5.51. The third-order valence-corrected chi connectivity index (χ3v) is 2.42. The van der Waals surface area contributed by atoms with Crippen molar-refractivity contribution in [1.82, 2.24) is 14.9 Å². The van der Waals surface area contributed by atoms with E-state index in [1.165, 1.54) is 0 Å². The summed E-state index contributed by atoms with van der Waals surface area (Å²) in [5.74, 6) is 1.54. The van der Waals surface area contributed by atoms with E-state index in [4.69, 9.17) is 10.5 Å². The van der Waals surface area contributed by atoms with Gasteiger partial charge in [0, 0.05) is 32.3 Å². The molecule has 1 aromatic heterocycles. The van der Waals surface area contributed by atoms with Crippen molar-refractivity contribution in [2.24, 2.45) is 0 Å². The fraction of sp³-hybridized carbons (Fsp3) is 0.667. The second kappa shape index (κ2) is 4.43. The number of rotatable bonds is 3. The number of imidazole rings is 1. The summed E-state index contributed by atoms with van der Waals surface area (Å²) in [6.45, 7) is 4.77. The highest BCUT2D eigenvalue weighted by Crippen LogP contribution is 2.02. The number of anilines is 1. The Hall–Kier alpha value is -1.07. The molecule has 5 nitrogen and oxygen atoms in total. The molecule has 0 radical (unpaired) electrons. The Morgan fingerprint density at radius 1 is 1.50 bits per heavy atom. The van der Waals surface area contributed by atoms with E-state index in [9.17, 15) is 0 Å². The molecular weight excluding hydrogens is 180 g/mol. The normalized spacial score (nSPS) is 18.6. The van der Waals surface area contributed by atoms with E-state index < -0.39 is 0 Å². The largest absolute Gasteiger partial charge is 0.382 e. The minimum Gasteiger partial charge on any atom is -0.382 e. The zero-order valence-corrected chi connectivity index (χ0v) is 8.20. The van der Waals surface area contributed by atoms with E-state index in [2.05, 4.69) is 14.9 Å².